The molecule has 0 saturated carbocycles. The number of hydrogen-bond donors (Lipinski definition) is 3. The highest BCUT2D eigenvalue weighted by Gasteiger charge is 2.14. The molecule has 2 aromatic carbocycles. The Morgan fingerprint density at radius 3 is 2.28 bits per heavy atom. The molecule has 29 heavy (non-hydrogen) atoms. The molecule has 1 aromatic heterocycles. The van der Waals surface area contributed by atoms with Gasteiger partial charge < -0.3 is 15.4 Å². The number of benzene rings is 2. The SMILES string of the molecule is COc1ccc(C(=O)Nc2nc(C(=O)Nc3cccc(NC(C)=O)c3)cs2)cc1. The molecule has 0 unspecified atom stereocenters. The second kappa shape index (κ2) is 8.98. The molecule has 0 bridgehead atoms. The molecule has 3 rings (SSSR count). The lowest BCUT2D eigenvalue weighted by molar-refractivity contribution is -0.114. The maximum absolute atomic E-state index is 12.4. The Hall–Kier alpha value is -3.72. The zero-order valence-electron chi connectivity index (χ0n) is 15.7. The average molecular weight is 410 g/mol. The zero-order valence-corrected chi connectivity index (χ0v) is 16.5. The number of carbonyl (C=O) groups is 3. The van der Waals surface area contributed by atoms with Gasteiger partial charge in [-0.05, 0) is 42.5 Å². The van der Waals surface area contributed by atoms with Crippen LogP contribution in [0.2, 0.25) is 0 Å². The van der Waals surface area contributed by atoms with E-state index < -0.39 is 5.91 Å². The molecule has 3 aromatic rings. The second-order valence-electron chi connectivity index (χ2n) is 5.94. The summed E-state index contributed by atoms with van der Waals surface area (Å²) in [6.07, 6.45) is 0. The molecule has 148 valence electrons. The number of hydrogen-bond acceptors (Lipinski definition) is 6. The molecule has 0 radical (unpaired) electrons. The summed E-state index contributed by atoms with van der Waals surface area (Å²) in [4.78, 5) is 40.0. The number of thiazole rings is 1. The largest absolute Gasteiger partial charge is 0.497 e. The van der Waals surface area contributed by atoms with Crippen LogP contribution in [0.1, 0.15) is 27.8 Å². The minimum atomic E-state index is -0.425. The molecule has 0 spiro atoms. The normalized spacial score (nSPS) is 10.1. The topological polar surface area (TPSA) is 109 Å². The molecule has 0 atom stereocenters. The predicted octanol–water partition coefficient (Wildman–Crippen LogP) is 3.61. The van der Waals surface area contributed by atoms with Crippen molar-refractivity contribution in [1.82, 2.24) is 4.98 Å². The number of amides is 3. The molecular formula is C20H18N4O4S. The first kappa shape index (κ1) is 20.0. The van der Waals surface area contributed by atoms with E-state index in [9.17, 15) is 14.4 Å². The third kappa shape index (κ3) is 5.39. The van der Waals surface area contributed by atoms with Gasteiger partial charge in [-0.2, -0.15) is 0 Å². The van der Waals surface area contributed by atoms with Gasteiger partial charge in [-0.25, -0.2) is 4.98 Å². The molecule has 3 N–H and O–H groups in total. The van der Waals surface area contributed by atoms with E-state index in [0.29, 0.717) is 27.8 Å². The van der Waals surface area contributed by atoms with Gasteiger partial charge in [-0.15, -0.1) is 11.3 Å². The Morgan fingerprint density at radius 2 is 1.62 bits per heavy atom. The van der Waals surface area contributed by atoms with E-state index in [1.54, 1.807) is 61.0 Å². The molecule has 9 heteroatoms. The fourth-order valence-corrected chi connectivity index (χ4v) is 3.11. The van der Waals surface area contributed by atoms with E-state index in [0.717, 1.165) is 11.3 Å². The average Bonchev–Trinajstić information content (AvgIpc) is 3.16. The molecule has 1 heterocycles. The van der Waals surface area contributed by atoms with Crippen LogP contribution in [0.3, 0.4) is 0 Å². The van der Waals surface area contributed by atoms with E-state index in [-0.39, 0.29) is 17.5 Å². The number of carbonyl (C=O) groups excluding carboxylic acids is 3. The first-order valence-electron chi connectivity index (χ1n) is 8.54. The monoisotopic (exact) mass is 410 g/mol. The quantitative estimate of drug-likeness (QED) is 0.575. The van der Waals surface area contributed by atoms with Crippen LogP contribution in [0.4, 0.5) is 16.5 Å². The van der Waals surface area contributed by atoms with Crippen LogP contribution in [0, 0.1) is 0 Å². The molecular weight excluding hydrogens is 392 g/mol. The number of nitrogens with zero attached hydrogens (tertiary/aromatic N) is 1. The van der Waals surface area contributed by atoms with E-state index in [1.165, 1.54) is 6.92 Å². The Balaban J connectivity index is 1.63. The van der Waals surface area contributed by atoms with Crippen molar-refractivity contribution in [3.63, 3.8) is 0 Å². The minimum absolute atomic E-state index is 0.171. The minimum Gasteiger partial charge on any atom is -0.497 e. The molecule has 3 amide bonds. The van der Waals surface area contributed by atoms with E-state index >= 15 is 0 Å². The van der Waals surface area contributed by atoms with Crippen molar-refractivity contribution < 1.29 is 19.1 Å². The van der Waals surface area contributed by atoms with Gasteiger partial charge in [0.1, 0.15) is 11.4 Å². The van der Waals surface area contributed by atoms with Crippen molar-refractivity contribution >= 4 is 45.6 Å². The summed E-state index contributed by atoms with van der Waals surface area (Å²) in [5, 5.41) is 9.88. The van der Waals surface area contributed by atoms with E-state index in [4.69, 9.17) is 4.74 Å². The van der Waals surface area contributed by atoms with Crippen LogP contribution >= 0.6 is 11.3 Å². The van der Waals surface area contributed by atoms with Gasteiger partial charge in [0.05, 0.1) is 7.11 Å². The molecule has 0 aliphatic heterocycles. The van der Waals surface area contributed by atoms with Gasteiger partial charge >= 0.3 is 0 Å². The van der Waals surface area contributed by atoms with Gasteiger partial charge in [0.15, 0.2) is 5.13 Å². The maximum atomic E-state index is 12.4. The van der Waals surface area contributed by atoms with E-state index in [2.05, 4.69) is 20.9 Å². The van der Waals surface area contributed by atoms with Gasteiger partial charge in [0.25, 0.3) is 11.8 Å². The molecule has 8 nitrogen and oxygen atoms in total. The Bertz CT molecular complexity index is 1050. The Labute approximate surface area is 170 Å². The summed E-state index contributed by atoms with van der Waals surface area (Å²) in [5.41, 5.74) is 1.70. The van der Waals surface area contributed by atoms with Gasteiger partial charge in [0, 0.05) is 29.2 Å². The van der Waals surface area contributed by atoms with Crippen LogP contribution in [-0.4, -0.2) is 29.8 Å². The summed E-state index contributed by atoms with van der Waals surface area (Å²) in [5.74, 6) is -0.314. The summed E-state index contributed by atoms with van der Waals surface area (Å²) in [7, 11) is 1.55. The number of anilines is 3. The van der Waals surface area contributed by atoms with E-state index in [1.807, 2.05) is 0 Å². The lowest BCUT2D eigenvalue weighted by Crippen LogP contribution is -2.14. The van der Waals surface area contributed by atoms with Crippen LogP contribution in [0.5, 0.6) is 5.75 Å². The molecule has 0 fully saturated rings. The lowest BCUT2D eigenvalue weighted by Gasteiger charge is -2.06. The highest BCUT2D eigenvalue weighted by molar-refractivity contribution is 7.14. The third-order valence-corrected chi connectivity index (χ3v) is 4.51. The van der Waals surface area contributed by atoms with Crippen LogP contribution in [0.25, 0.3) is 0 Å². The second-order valence-corrected chi connectivity index (χ2v) is 6.79. The number of methoxy groups -OCH3 is 1. The predicted molar refractivity (Wildman–Crippen MR) is 112 cm³/mol. The third-order valence-electron chi connectivity index (χ3n) is 3.75. The zero-order chi connectivity index (χ0) is 20.8. The Morgan fingerprint density at radius 1 is 0.931 bits per heavy atom. The lowest BCUT2D eigenvalue weighted by atomic mass is 10.2. The highest BCUT2D eigenvalue weighted by atomic mass is 32.1. The smallest absolute Gasteiger partial charge is 0.275 e. The molecule has 0 aliphatic carbocycles. The van der Waals surface area contributed by atoms with Crippen molar-refractivity contribution in [3.8, 4) is 5.75 Å². The summed E-state index contributed by atoms with van der Waals surface area (Å²) in [6, 6.07) is 13.4. The van der Waals surface area contributed by atoms with Gasteiger partial charge in [0.2, 0.25) is 5.91 Å². The van der Waals surface area contributed by atoms with Crippen LogP contribution < -0.4 is 20.7 Å². The first-order chi connectivity index (χ1) is 13.9. The van der Waals surface area contributed by atoms with Crippen molar-refractivity contribution in [1.29, 1.82) is 0 Å². The maximum Gasteiger partial charge on any atom is 0.275 e. The molecule has 0 aliphatic rings. The number of rotatable bonds is 6. The number of nitrogens with one attached hydrogen (secondary N) is 3. The molecule has 0 saturated heterocycles. The van der Waals surface area contributed by atoms with Crippen LogP contribution in [-0.2, 0) is 4.79 Å². The fourth-order valence-electron chi connectivity index (χ4n) is 2.42. The summed E-state index contributed by atoms with van der Waals surface area (Å²) in [6.45, 7) is 1.41. The van der Waals surface area contributed by atoms with Crippen molar-refractivity contribution in [2.75, 3.05) is 23.1 Å². The van der Waals surface area contributed by atoms with Gasteiger partial charge in [-0.1, -0.05) is 6.07 Å². The van der Waals surface area contributed by atoms with Crippen LogP contribution in [0.15, 0.2) is 53.9 Å². The van der Waals surface area contributed by atoms with Gasteiger partial charge in [-0.3, -0.25) is 19.7 Å². The van der Waals surface area contributed by atoms with Crippen molar-refractivity contribution in [2.24, 2.45) is 0 Å². The summed E-state index contributed by atoms with van der Waals surface area (Å²) >= 11 is 1.15. The fraction of sp³-hybridized carbons (Fsp3) is 0.100. The first-order valence-corrected chi connectivity index (χ1v) is 9.42. The standard InChI is InChI=1S/C20H18N4O4S/c1-12(25)21-14-4-3-5-15(10-14)22-19(27)17-11-29-20(23-17)24-18(26)13-6-8-16(28-2)9-7-13/h3-11H,1-2H3,(H,21,25)(H,22,27)(H,23,24,26). The summed E-state index contributed by atoms with van der Waals surface area (Å²) < 4.78 is 5.06. The Kier molecular flexibility index (Phi) is 6.20. The van der Waals surface area contributed by atoms with Crippen molar-refractivity contribution in [2.45, 2.75) is 6.92 Å². The number of ether oxygens (including phenoxy) is 1. The highest BCUT2D eigenvalue weighted by Crippen LogP contribution is 2.20. The van der Waals surface area contributed by atoms with Crippen molar-refractivity contribution in [3.05, 3.63) is 65.2 Å². The number of aromatic nitrogens is 1.